The Bertz CT molecular complexity index is 176. The van der Waals surface area contributed by atoms with Crippen molar-refractivity contribution in [1.82, 2.24) is 0 Å². The molecular formula is C15H34O2Si. The Labute approximate surface area is 116 Å². The predicted octanol–water partition coefficient (Wildman–Crippen LogP) is 4.56. The Hall–Kier alpha value is 0.137. The minimum atomic E-state index is -1.60. The van der Waals surface area contributed by atoms with Crippen molar-refractivity contribution >= 4 is 8.32 Å². The number of methoxy groups -OCH3 is 1. The average Bonchev–Trinajstić information content (AvgIpc) is 2.13. The van der Waals surface area contributed by atoms with Gasteiger partial charge in [-0.2, -0.15) is 0 Å². The molecule has 0 amide bonds. The van der Waals surface area contributed by atoms with Crippen molar-refractivity contribution in [2.24, 2.45) is 17.8 Å². The van der Waals surface area contributed by atoms with E-state index in [9.17, 15) is 0 Å². The maximum atomic E-state index is 6.42. The summed E-state index contributed by atoms with van der Waals surface area (Å²) in [6.45, 7) is 15.4. The van der Waals surface area contributed by atoms with Gasteiger partial charge in [0.15, 0.2) is 8.32 Å². The quantitative estimate of drug-likeness (QED) is 0.429. The summed E-state index contributed by atoms with van der Waals surface area (Å²) in [7, 11) is 0.148. The lowest BCUT2D eigenvalue weighted by Crippen LogP contribution is -2.43. The van der Waals surface area contributed by atoms with Crippen LogP contribution >= 0.6 is 0 Å². The summed E-state index contributed by atoms with van der Waals surface area (Å²) in [5.41, 5.74) is 0. The van der Waals surface area contributed by atoms with Crippen LogP contribution in [0.2, 0.25) is 18.1 Å². The Morgan fingerprint density at radius 3 is 1.39 bits per heavy atom. The normalized spacial score (nSPS) is 13.0. The maximum absolute atomic E-state index is 6.42. The lowest BCUT2D eigenvalue weighted by molar-refractivity contribution is 0.138. The number of hydrogen-bond acceptors (Lipinski definition) is 2. The molecule has 18 heavy (non-hydrogen) atoms. The smallest absolute Gasteiger partial charge is 0.193 e. The topological polar surface area (TPSA) is 18.5 Å². The third-order valence-corrected chi connectivity index (χ3v) is 8.53. The van der Waals surface area contributed by atoms with Crippen LogP contribution in [0.4, 0.5) is 0 Å². The van der Waals surface area contributed by atoms with Crippen molar-refractivity contribution in [3.8, 4) is 0 Å². The first-order valence-electron chi connectivity index (χ1n) is 7.44. The van der Waals surface area contributed by atoms with E-state index >= 15 is 0 Å². The molecule has 0 saturated heterocycles. The van der Waals surface area contributed by atoms with E-state index in [0.29, 0.717) is 0 Å². The molecule has 0 aromatic carbocycles. The minimum absolute atomic E-state index is 0.725. The van der Waals surface area contributed by atoms with Crippen LogP contribution in [-0.4, -0.2) is 28.6 Å². The molecule has 0 bridgehead atoms. The van der Waals surface area contributed by atoms with Crippen LogP contribution in [0.3, 0.4) is 0 Å². The molecule has 0 aliphatic heterocycles. The molecule has 0 saturated carbocycles. The predicted molar refractivity (Wildman–Crippen MR) is 82.5 cm³/mol. The van der Waals surface area contributed by atoms with Gasteiger partial charge in [0.05, 0.1) is 13.2 Å². The first-order chi connectivity index (χ1) is 8.31. The highest BCUT2D eigenvalue weighted by molar-refractivity contribution is 6.74. The number of hydrogen-bond donors (Lipinski definition) is 0. The van der Waals surface area contributed by atoms with E-state index in [1.165, 1.54) is 18.1 Å². The summed E-state index contributed by atoms with van der Waals surface area (Å²) < 4.78 is 11.6. The minimum Gasteiger partial charge on any atom is -0.414 e. The fourth-order valence-corrected chi connectivity index (χ4v) is 8.83. The van der Waals surface area contributed by atoms with E-state index < -0.39 is 8.32 Å². The third kappa shape index (κ3) is 8.28. The van der Waals surface area contributed by atoms with Crippen LogP contribution in [-0.2, 0) is 9.16 Å². The molecule has 0 aliphatic rings. The van der Waals surface area contributed by atoms with Gasteiger partial charge in [0.1, 0.15) is 0 Å². The van der Waals surface area contributed by atoms with Crippen molar-refractivity contribution in [2.45, 2.75) is 59.7 Å². The first kappa shape index (κ1) is 18.1. The molecule has 0 N–H and O–H groups in total. The second-order valence-corrected chi connectivity index (χ2v) is 10.7. The van der Waals surface area contributed by atoms with E-state index in [2.05, 4.69) is 41.5 Å². The Morgan fingerprint density at radius 2 is 1.11 bits per heavy atom. The van der Waals surface area contributed by atoms with Gasteiger partial charge in [0.2, 0.25) is 0 Å². The van der Waals surface area contributed by atoms with Crippen LogP contribution in [0, 0.1) is 17.8 Å². The molecule has 0 unspecified atom stereocenters. The average molecular weight is 275 g/mol. The van der Waals surface area contributed by atoms with Crippen molar-refractivity contribution in [3.05, 3.63) is 0 Å². The third-order valence-electron chi connectivity index (χ3n) is 3.04. The van der Waals surface area contributed by atoms with Crippen LogP contribution < -0.4 is 0 Å². The van der Waals surface area contributed by atoms with Crippen LogP contribution in [0.5, 0.6) is 0 Å². The van der Waals surface area contributed by atoms with Gasteiger partial charge < -0.3 is 9.16 Å². The van der Waals surface area contributed by atoms with E-state index in [1.54, 1.807) is 7.11 Å². The summed E-state index contributed by atoms with van der Waals surface area (Å²) in [6.07, 6.45) is 0. The molecule has 0 aliphatic carbocycles. The van der Waals surface area contributed by atoms with Gasteiger partial charge in [-0.05, 0) is 35.9 Å². The van der Waals surface area contributed by atoms with E-state index in [-0.39, 0.29) is 0 Å². The molecule has 0 atom stereocenters. The second kappa shape index (κ2) is 9.11. The zero-order valence-corrected chi connectivity index (χ0v) is 14.6. The largest absolute Gasteiger partial charge is 0.414 e. The lowest BCUT2D eigenvalue weighted by atomic mass is 10.2. The van der Waals surface area contributed by atoms with Gasteiger partial charge in [-0.3, -0.25) is 0 Å². The second-order valence-electron chi connectivity index (χ2n) is 6.82. The summed E-state index contributed by atoms with van der Waals surface area (Å²) in [5.74, 6) is 2.20. The zero-order valence-electron chi connectivity index (χ0n) is 13.6. The van der Waals surface area contributed by atoms with Crippen LogP contribution in [0.1, 0.15) is 41.5 Å². The highest BCUT2D eigenvalue weighted by Crippen LogP contribution is 2.33. The number of rotatable bonds is 10. The lowest BCUT2D eigenvalue weighted by Gasteiger charge is -2.36. The molecule has 0 heterocycles. The van der Waals surface area contributed by atoms with Crippen LogP contribution in [0.15, 0.2) is 0 Å². The monoisotopic (exact) mass is 274 g/mol. The molecule has 0 radical (unpaired) electrons. The van der Waals surface area contributed by atoms with Gasteiger partial charge in [0, 0.05) is 7.11 Å². The van der Waals surface area contributed by atoms with E-state index in [4.69, 9.17) is 9.16 Å². The zero-order chi connectivity index (χ0) is 14.2. The van der Waals surface area contributed by atoms with Gasteiger partial charge in [-0.15, -0.1) is 0 Å². The fourth-order valence-electron chi connectivity index (χ4n) is 3.00. The summed E-state index contributed by atoms with van der Waals surface area (Å²) in [5, 5.41) is 0. The molecule has 0 rings (SSSR count). The van der Waals surface area contributed by atoms with Crippen molar-refractivity contribution in [3.63, 3.8) is 0 Å². The van der Waals surface area contributed by atoms with Gasteiger partial charge in [-0.1, -0.05) is 41.5 Å². The first-order valence-corrected chi connectivity index (χ1v) is 9.97. The van der Waals surface area contributed by atoms with Crippen molar-refractivity contribution in [2.75, 3.05) is 20.3 Å². The summed E-state index contributed by atoms with van der Waals surface area (Å²) in [6, 6.07) is 3.85. The molecule has 0 fully saturated rings. The molecule has 110 valence electrons. The Kier molecular flexibility index (Phi) is 9.18. The Balaban J connectivity index is 4.74. The molecule has 2 nitrogen and oxygen atoms in total. The highest BCUT2D eigenvalue weighted by Gasteiger charge is 2.36. The van der Waals surface area contributed by atoms with Crippen molar-refractivity contribution < 1.29 is 9.16 Å². The highest BCUT2D eigenvalue weighted by atomic mass is 28.4. The fraction of sp³-hybridized carbons (Fsp3) is 1.00. The molecule has 0 spiro atoms. The standard InChI is InChI=1S/C15H34O2Si/c1-13(2)10-18(11-14(3)4,12-15(5)6)17-9-8-16-7/h13-15H,8-12H2,1-7H3. The van der Waals surface area contributed by atoms with Gasteiger partial charge >= 0.3 is 0 Å². The number of ether oxygens (including phenoxy) is 1. The molecular weight excluding hydrogens is 240 g/mol. The van der Waals surface area contributed by atoms with Gasteiger partial charge in [0.25, 0.3) is 0 Å². The molecule has 0 aromatic heterocycles. The summed E-state index contributed by atoms with van der Waals surface area (Å²) >= 11 is 0. The van der Waals surface area contributed by atoms with E-state index in [1.807, 2.05) is 0 Å². The Morgan fingerprint density at radius 1 is 0.722 bits per heavy atom. The SMILES string of the molecule is COCCO[Si](CC(C)C)(CC(C)C)CC(C)C. The maximum Gasteiger partial charge on any atom is 0.193 e. The molecule has 0 aromatic rings. The van der Waals surface area contributed by atoms with Gasteiger partial charge in [-0.25, -0.2) is 0 Å². The summed E-state index contributed by atoms with van der Waals surface area (Å²) in [4.78, 5) is 0. The van der Waals surface area contributed by atoms with E-state index in [0.717, 1.165) is 31.0 Å². The van der Waals surface area contributed by atoms with Crippen molar-refractivity contribution in [1.29, 1.82) is 0 Å². The molecule has 3 heteroatoms. The van der Waals surface area contributed by atoms with Crippen LogP contribution in [0.25, 0.3) is 0 Å².